The van der Waals surface area contributed by atoms with Crippen molar-refractivity contribution in [2.45, 2.75) is 6.61 Å². The first-order valence-electron chi connectivity index (χ1n) is 7.05. The zero-order valence-electron chi connectivity index (χ0n) is 12.2. The van der Waals surface area contributed by atoms with E-state index in [0.29, 0.717) is 5.56 Å². The van der Waals surface area contributed by atoms with Crippen LogP contribution in [0.3, 0.4) is 0 Å². The first-order valence-corrected chi connectivity index (χ1v) is 7.05. The van der Waals surface area contributed by atoms with Crippen molar-refractivity contribution in [2.75, 3.05) is 5.48 Å². The summed E-state index contributed by atoms with van der Waals surface area (Å²) in [5.41, 5.74) is 4.00. The average molecular weight is 312 g/mol. The third-order valence-electron chi connectivity index (χ3n) is 3.26. The molecule has 0 fully saturated rings. The van der Waals surface area contributed by atoms with Crippen molar-refractivity contribution in [2.24, 2.45) is 0 Å². The van der Waals surface area contributed by atoms with Crippen LogP contribution in [-0.4, -0.2) is 4.98 Å². The Hall–Kier alpha value is -2.79. The number of pyridine rings is 1. The van der Waals surface area contributed by atoms with Crippen LogP contribution in [-0.2, 0) is 11.4 Å². The third kappa shape index (κ3) is 3.70. The van der Waals surface area contributed by atoms with E-state index in [-0.39, 0.29) is 17.9 Å². The van der Waals surface area contributed by atoms with Crippen LogP contribution < -0.4 is 5.48 Å². The van der Waals surface area contributed by atoms with E-state index in [0.717, 1.165) is 5.56 Å². The SMILES string of the molecule is Fc1cc(NOCc2ccccc2)cc(F)c1-c1cccnc1. The number of nitrogens with one attached hydrogen (secondary N) is 1. The molecule has 0 aliphatic rings. The summed E-state index contributed by atoms with van der Waals surface area (Å²) in [7, 11) is 0. The van der Waals surface area contributed by atoms with Gasteiger partial charge in [-0.3, -0.25) is 15.3 Å². The Kier molecular flexibility index (Phi) is 4.59. The van der Waals surface area contributed by atoms with E-state index in [2.05, 4.69) is 10.5 Å². The maximum Gasteiger partial charge on any atom is 0.136 e. The largest absolute Gasteiger partial charge is 0.271 e. The van der Waals surface area contributed by atoms with Gasteiger partial charge in [0.15, 0.2) is 0 Å². The molecule has 0 aliphatic carbocycles. The van der Waals surface area contributed by atoms with Gasteiger partial charge in [0.05, 0.1) is 17.9 Å². The second kappa shape index (κ2) is 6.98. The van der Waals surface area contributed by atoms with E-state index in [1.807, 2.05) is 30.3 Å². The number of rotatable bonds is 5. The predicted octanol–water partition coefficient (Wildman–Crippen LogP) is 4.57. The van der Waals surface area contributed by atoms with E-state index >= 15 is 0 Å². The molecule has 5 heteroatoms. The third-order valence-corrected chi connectivity index (χ3v) is 3.26. The Balaban J connectivity index is 1.72. The fourth-order valence-corrected chi connectivity index (χ4v) is 2.20. The van der Waals surface area contributed by atoms with Gasteiger partial charge in [-0.1, -0.05) is 36.4 Å². The molecule has 1 heterocycles. The number of aromatic nitrogens is 1. The molecule has 0 radical (unpaired) electrons. The van der Waals surface area contributed by atoms with Crippen LogP contribution in [0.25, 0.3) is 11.1 Å². The van der Waals surface area contributed by atoms with Crippen molar-refractivity contribution >= 4 is 5.69 Å². The number of benzene rings is 2. The average Bonchev–Trinajstić information content (AvgIpc) is 2.56. The van der Waals surface area contributed by atoms with E-state index in [1.54, 1.807) is 18.3 Å². The van der Waals surface area contributed by atoms with Crippen molar-refractivity contribution < 1.29 is 13.6 Å². The molecule has 0 spiro atoms. The number of hydrogen-bond donors (Lipinski definition) is 1. The van der Waals surface area contributed by atoms with Gasteiger partial charge in [-0.2, -0.15) is 0 Å². The number of anilines is 1. The molecule has 0 aliphatic heterocycles. The maximum absolute atomic E-state index is 14.2. The monoisotopic (exact) mass is 312 g/mol. The molecule has 1 N–H and O–H groups in total. The minimum absolute atomic E-state index is 0.105. The second-order valence-electron chi connectivity index (χ2n) is 4.93. The lowest BCUT2D eigenvalue weighted by Crippen LogP contribution is -2.03. The van der Waals surface area contributed by atoms with E-state index in [4.69, 9.17) is 4.84 Å². The van der Waals surface area contributed by atoms with Crippen LogP contribution >= 0.6 is 0 Å². The fraction of sp³-hybridized carbons (Fsp3) is 0.0556. The summed E-state index contributed by atoms with van der Waals surface area (Å²) in [6.07, 6.45) is 2.97. The van der Waals surface area contributed by atoms with Crippen molar-refractivity contribution in [3.63, 3.8) is 0 Å². The topological polar surface area (TPSA) is 34.1 Å². The van der Waals surface area contributed by atoms with Crippen molar-refractivity contribution in [1.82, 2.24) is 4.98 Å². The first-order chi connectivity index (χ1) is 11.2. The van der Waals surface area contributed by atoms with E-state index in [9.17, 15) is 8.78 Å². The van der Waals surface area contributed by atoms with E-state index < -0.39 is 11.6 Å². The number of hydrogen-bond acceptors (Lipinski definition) is 3. The van der Waals surface area contributed by atoms with Crippen molar-refractivity contribution in [3.05, 3.63) is 84.2 Å². The van der Waals surface area contributed by atoms with Gasteiger partial charge in [-0.15, -0.1) is 0 Å². The molecule has 3 nitrogen and oxygen atoms in total. The van der Waals surface area contributed by atoms with Crippen LogP contribution in [0.15, 0.2) is 67.0 Å². The Bertz CT molecular complexity index is 757. The lowest BCUT2D eigenvalue weighted by molar-refractivity contribution is 0.180. The summed E-state index contributed by atoms with van der Waals surface area (Å²) in [6.45, 7) is 0.286. The van der Waals surface area contributed by atoms with Gasteiger partial charge in [0.1, 0.15) is 11.6 Å². The van der Waals surface area contributed by atoms with Crippen LogP contribution in [0, 0.1) is 11.6 Å². The molecule has 2 aromatic carbocycles. The molecule has 3 rings (SSSR count). The van der Waals surface area contributed by atoms with Crippen LogP contribution in [0.1, 0.15) is 5.56 Å². The standard InChI is InChI=1S/C18H14F2N2O/c19-16-9-15(22-23-12-13-5-2-1-3-6-13)10-17(20)18(16)14-7-4-8-21-11-14/h1-11,22H,12H2. The van der Waals surface area contributed by atoms with Gasteiger partial charge in [-0.05, 0) is 11.6 Å². The highest BCUT2D eigenvalue weighted by Gasteiger charge is 2.13. The summed E-state index contributed by atoms with van der Waals surface area (Å²) < 4.78 is 28.4. The van der Waals surface area contributed by atoms with Crippen LogP contribution in [0.5, 0.6) is 0 Å². The van der Waals surface area contributed by atoms with Crippen LogP contribution in [0.2, 0.25) is 0 Å². The predicted molar refractivity (Wildman–Crippen MR) is 84.4 cm³/mol. The molecular formula is C18H14F2N2O. The summed E-state index contributed by atoms with van der Waals surface area (Å²) in [5.74, 6) is -1.35. The Morgan fingerprint density at radius 2 is 1.70 bits per heavy atom. The van der Waals surface area contributed by atoms with Gasteiger partial charge in [0, 0.05) is 30.1 Å². The Labute approximate surface area is 132 Å². The zero-order chi connectivity index (χ0) is 16.1. The normalized spacial score (nSPS) is 10.5. The van der Waals surface area contributed by atoms with Gasteiger partial charge in [-0.25, -0.2) is 8.78 Å². The zero-order valence-corrected chi connectivity index (χ0v) is 12.2. The second-order valence-corrected chi connectivity index (χ2v) is 4.93. The lowest BCUT2D eigenvalue weighted by Gasteiger charge is -2.10. The molecule has 0 amide bonds. The van der Waals surface area contributed by atoms with Gasteiger partial charge in [0.2, 0.25) is 0 Å². The summed E-state index contributed by atoms with van der Waals surface area (Å²) in [6, 6.07) is 15.1. The van der Waals surface area contributed by atoms with Gasteiger partial charge in [0.25, 0.3) is 0 Å². The Morgan fingerprint density at radius 1 is 0.957 bits per heavy atom. The summed E-state index contributed by atoms with van der Waals surface area (Å²) in [5, 5.41) is 0. The summed E-state index contributed by atoms with van der Waals surface area (Å²) >= 11 is 0. The fourth-order valence-electron chi connectivity index (χ4n) is 2.20. The van der Waals surface area contributed by atoms with Crippen molar-refractivity contribution in [1.29, 1.82) is 0 Å². The highest BCUT2D eigenvalue weighted by molar-refractivity contribution is 5.66. The highest BCUT2D eigenvalue weighted by Crippen LogP contribution is 2.28. The van der Waals surface area contributed by atoms with Crippen molar-refractivity contribution in [3.8, 4) is 11.1 Å². The first kappa shape index (κ1) is 15.1. The van der Waals surface area contributed by atoms with Crippen LogP contribution in [0.4, 0.5) is 14.5 Å². The molecule has 0 bridgehead atoms. The highest BCUT2D eigenvalue weighted by atomic mass is 19.1. The minimum atomic E-state index is -0.677. The molecule has 0 atom stereocenters. The maximum atomic E-state index is 14.2. The number of halogens is 2. The molecule has 0 saturated carbocycles. The summed E-state index contributed by atoms with van der Waals surface area (Å²) in [4.78, 5) is 9.14. The molecular weight excluding hydrogens is 298 g/mol. The van der Waals surface area contributed by atoms with Gasteiger partial charge >= 0.3 is 0 Å². The number of nitrogens with zero attached hydrogens (tertiary/aromatic N) is 1. The Morgan fingerprint density at radius 3 is 2.35 bits per heavy atom. The smallest absolute Gasteiger partial charge is 0.136 e. The molecule has 0 unspecified atom stereocenters. The molecule has 3 aromatic rings. The molecule has 1 aromatic heterocycles. The molecule has 116 valence electrons. The van der Waals surface area contributed by atoms with E-state index in [1.165, 1.54) is 18.3 Å². The molecule has 23 heavy (non-hydrogen) atoms. The quantitative estimate of drug-likeness (QED) is 0.701. The van der Waals surface area contributed by atoms with Gasteiger partial charge < -0.3 is 0 Å². The lowest BCUT2D eigenvalue weighted by atomic mass is 10.1. The molecule has 0 saturated heterocycles. The minimum Gasteiger partial charge on any atom is -0.271 e.